The Hall–Kier alpha value is -1.56. The Bertz CT molecular complexity index is 451. The van der Waals surface area contributed by atoms with Crippen molar-refractivity contribution >= 4 is 23.1 Å². The van der Waals surface area contributed by atoms with E-state index in [1.165, 1.54) is 0 Å². The Morgan fingerprint density at radius 1 is 1.53 bits per heavy atom. The number of benzene rings is 1. The van der Waals surface area contributed by atoms with Crippen LogP contribution in [0.25, 0.3) is 0 Å². The van der Waals surface area contributed by atoms with E-state index >= 15 is 0 Å². The Morgan fingerprint density at radius 2 is 2.18 bits per heavy atom. The van der Waals surface area contributed by atoms with Crippen LogP contribution in [-0.2, 0) is 11.3 Å². The number of rotatable bonds is 4. The minimum Gasteiger partial charge on any atom is -0.393 e. The molecular formula is C11H12F2N2OS. The van der Waals surface area contributed by atoms with Crippen LogP contribution in [0, 0.1) is 17.6 Å². The molecule has 0 saturated heterocycles. The molecule has 0 saturated carbocycles. The summed E-state index contributed by atoms with van der Waals surface area (Å²) in [6.07, 6.45) is 0. The van der Waals surface area contributed by atoms with Crippen LogP contribution in [0.3, 0.4) is 0 Å². The fourth-order valence-corrected chi connectivity index (χ4v) is 1.25. The molecule has 1 atom stereocenters. The molecule has 3 N–H and O–H groups in total. The molecule has 6 heteroatoms. The molecule has 0 aliphatic heterocycles. The van der Waals surface area contributed by atoms with Crippen LogP contribution < -0.4 is 11.1 Å². The number of amides is 1. The summed E-state index contributed by atoms with van der Waals surface area (Å²) in [5.41, 5.74) is 5.37. The van der Waals surface area contributed by atoms with E-state index < -0.39 is 23.5 Å². The molecule has 0 fully saturated rings. The number of carbonyl (C=O) groups is 1. The van der Waals surface area contributed by atoms with E-state index in [0.29, 0.717) is 0 Å². The standard InChI is InChI=1S/C11H12F2N2OS/c1-6(10(14)17)11(16)15-5-7-4-8(12)2-3-9(7)13/h2-4,6H,5H2,1H3,(H2,14,17)(H,15,16). The van der Waals surface area contributed by atoms with Gasteiger partial charge in [0, 0.05) is 12.1 Å². The molecule has 1 rings (SSSR count). The number of nitrogens with two attached hydrogens (primary N) is 1. The predicted octanol–water partition coefficient (Wildman–Crippen LogP) is 1.50. The van der Waals surface area contributed by atoms with Gasteiger partial charge in [-0.05, 0) is 25.1 Å². The maximum absolute atomic E-state index is 13.2. The average molecular weight is 258 g/mol. The molecule has 0 aliphatic carbocycles. The fourth-order valence-electron chi connectivity index (χ4n) is 1.14. The molecule has 1 unspecified atom stereocenters. The lowest BCUT2D eigenvalue weighted by atomic mass is 10.1. The number of halogens is 2. The van der Waals surface area contributed by atoms with Gasteiger partial charge >= 0.3 is 0 Å². The van der Waals surface area contributed by atoms with Crippen LogP contribution in [0.1, 0.15) is 12.5 Å². The summed E-state index contributed by atoms with van der Waals surface area (Å²) in [7, 11) is 0. The van der Waals surface area contributed by atoms with Crippen LogP contribution in [0.5, 0.6) is 0 Å². The van der Waals surface area contributed by atoms with Gasteiger partial charge in [0.1, 0.15) is 11.6 Å². The second-order valence-corrected chi connectivity index (χ2v) is 4.05. The number of hydrogen-bond donors (Lipinski definition) is 2. The van der Waals surface area contributed by atoms with Crippen molar-refractivity contribution < 1.29 is 13.6 Å². The van der Waals surface area contributed by atoms with E-state index in [-0.39, 0.29) is 17.1 Å². The average Bonchev–Trinajstić information content (AvgIpc) is 2.28. The summed E-state index contributed by atoms with van der Waals surface area (Å²) in [6.45, 7) is 1.44. The highest BCUT2D eigenvalue weighted by Gasteiger charge is 2.15. The van der Waals surface area contributed by atoms with Gasteiger partial charge in [-0.3, -0.25) is 4.79 Å². The Kier molecular flexibility index (Phi) is 4.51. The molecule has 92 valence electrons. The molecule has 1 aromatic rings. The van der Waals surface area contributed by atoms with Gasteiger partial charge in [-0.25, -0.2) is 8.78 Å². The van der Waals surface area contributed by atoms with E-state index in [0.717, 1.165) is 18.2 Å². The minimum atomic E-state index is -0.637. The number of carbonyl (C=O) groups excluding carboxylic acids is 1. The first kappa shape index (κ1) is 13.5. The van der Waals surface area contributed by atoms with Crippen molar-refractivity contribution in [2.75, 3.05) is 0 Å². The van der Waals surface area contributed by atoms with Gasteiger partial charge in [0.05, 0.1) is 10.9 Å². The van der Waals surface area contributed by atoms with Crippen molar-refractivity contribution in [2.45, 2.75) is 13.5 Å². The summed E-state index contributed by atoms with van der Waals surface area (Å²) < 4.78 is 26.0. The number of hydrogen-bond acceptors (Lipinski definition) is 2. The Labute approximate surface area is 103 Å². The van der Waals surface area contributed by atoms with Gasteiger partial charge in [0.2, 0.25) is 5.91 Å². The highest BCUT2D eigenvalue weighted by atomic mass is 32.1. The monoisotopic (exact) mass is 258 g/mol. The Balaban J connectivity index is 2.64. The summed E-state index contributed by atoms with van der Waals surface area (Å²) in [5.74, 6) is -2.18. The summed E-state index contributed by atoms with van der Waals surface area (Å²) in [4.78, 5) is 11.5. The zero-order valence-corrected chi connectivity index (χ0v) is 9.98. The second kappa shape index (κ2) is 5.67. The zero-order valence-electron chi connectivity index (χ0n) is 9.17. The molecule has 0 aromatic heterocycles. The lowest BCUT2D eigenvalue weighted by molar-refractivity contribution is -0.122. The van der Waals surface area contributed by atoms with E-state index in [4.69, 9.17) is 5.73 Å². The molecule has 3 nitrogen and oxygen atoms in total. The maximum Gasteiger partial charge on any atom is 0.229 e. The lowest BCUT2D eigenvalue weighted by Crippen LogP contribution is -2.35. The second-order valence-electron chi connectivity index (χ2n) is 3.58. The van der Waals surface area contributed by atoms with Gasteiger partial charge in [0.15, 0.2) is 0 Å². The Morgan fingerprint density at radius 3 is 2.76 bits per heavy atom. The third kappa shape index (κ3) is 3.74. The van der Waals surface area contributed by atoms with Crippen molar-refractivity contribution in [3.05, 3.63) is 35.4 Å². The van der Waals surface area contributed by atoms with Gasteiger partial charge < -0.3 is 11.1 Å². The molecule has 0 bridgehead atoms. The van der Waals surface area contributed by atoms with Gasteiger partial charge in [-0.2, -0.15) is 0 Å². The molecule has 0 radical (unpaired) electrons. The molecule has 0 spiro atoms. The molecule has 0 aliphatic rings. The molecule has 17 heavy (non-hydrogen) atoms. The van der Waals surface area contributed by atoms with Crippen molar-refractivity contribution in [3.8, 4) is 0 Å². The summed E-state index contributed by atoms with van der Waals surface area (Å²) >= 11 is 4.65. The van der Waals surface area contributed by atoms with Crippen LogP contribution in [0.2, 0.25) is 0 Å². The van der Waals surface area contributed by atoms with E-state index in [2.05, 4.69) is 17.5 Å². The highest BCUT2D eigenvalue weighted by Crippen LogP contribution is 2.09. The van der Waals surface area contributed by atoms with Crippen molar-refractivity contribution in [2.24, 2.45) is 11.7 Å². The minimum absolute atomic E-state index is 0.0576. The normalized spacial score (nSPS) is 11.9. The first-order valence-corrected chi connectivity index (χ1v) is 5.33. The van der Waals surface area contributed by atoms with E-state index in [1.54, 1.807) is 6.92 Å². The van der Waals surface area contributed by atoms with Gasteiger partial charge in [0.25, 0.3) is 0 Å². The lowest BCUT2D eigenvalue weighted by Gasteiger charge is -2.11. The van der Waals surface area contributed by atoms with Crippen molar-refractivity contribution in [3.63, 3.8) is 0 Å². The quantitative estimate of drug-likeness (QED) is 0.805. The molecule has 1 amide bonds. The van der Waals surface area contributed by atoms with Crippen LogP contribution >= 0.6 is 12.2 Å². The van der Waals surface area contributed by atoms with E-state index in [1.807, 2.05) is 0 Å². The van der Waals surface area contributed by atoms with Crippen LogP contribution in [-0.4, -0.2) is 10.9 Å². The molecule has 1 aromatic carbocycles. The van der Waals surface area contributed by atoms with Crippen molar-refractivity contribution in [1.82, 2.24) is 5.32 Å². The first-order chi connectivity index (χ1) is 7.91. The van der Waals surface area contributed by atoms with Crippen LogP contribution in [0.4, 0.5) is 8.78 Å². The topological polar surface area (TPSA) is 55.1 Å². The fraction of sp³-hybridized carbons (Fsp3) is 0.273. The highest BCUT2D eigenvalue weighted by molar-refractivity contribution is 7.80. The third-order valence-electron chi connectivity index (χ3n) is 2.28. The van der Waals surface area contributed by atoms with E-state index in [9.17, 15) is 13.6 Å². The largest absolute Gasteiger partial charge is 0.393 e. The molecular weight excluding hydrogens is 246 g/mol. The predicted molar refractivity (Wildman–Crippen MR) is 64.2 cm³/mol. The van der Waals surface area contributed by atoms with Crippen LogP contribution in [0.15, 0.2) is 18.2 Å². The zero-order chi connectivity index (χ0) is 13.0. The molecule has 0 heterocycles. The summed E-state index contributed by atoms with van der Waals surface area (Å²) in [6, 6.07) is 3.05. The summed E-state index contributed by atoms with van der Waals surface area (Å²) in [5, 5.41) is 2.44. The SMILES string of the molecule is CC(C(=O)NCc1cc(F)ccc1F)C(N)=S. The number of nitrogens with one attached hydrogen (secondary N) is 1. The maximum atomic E-state index is 13.2. The third-order valence-corrected chi connectivity index (χ3v) is 2.63. The van der Waals surface area contributed by atoms with Gasteiger partial charge in [-0.15, -0.1) is 0 Å². The first-order valence-electron chi connectivity index (χ1n) is 4.92. The smallest absolute Gasteiger partial charge is 0.229 e. The van der Waals surface area contributed by atoms with Gasteiger partial charge in [-0.1, -0.05) is 12.2 Å². The van der Waals surface area contributed by atoms with Crippen molar-refractivity contribution in [1.29, 1.82) is 0 Å². The number of thiocarbonyl (C=S) groups is 1.